The van der Waals surface area contributed by atoms with Gasteiger partial charge in [-0.25, -0.2) is 9.97 Å². The molecule has 0 aliphatic heterocycles. The molecule has 2 heterocycles. The van der Waals surface area contributed by atoms with E-state index < -0.39 is 0 Å². The summed E-state index contributed by atoms with van der Waals surface area (Å²) in [4.78, 5) is 29.0. The summed E-state index contributed by atoms with van der Waals surface area (Å²) in [6.45, 7) is 1.34. The summed E-state index contributed by atoms with van der Waals surface area (Å²) in [6, 6.07) is 13.9. The number of rotatable bonds is 7. The van der Waals surface area contributed by atoms with Crippen molar-refractivity contribution in [3.63, 3.8) is 0 Å². The molecule has 0 bridgehead atoms. The Morgan fingerprint density at radius 1 is 0.926 bits per heavy atom. The largest absolute Gasteiger partial charge is 0.358 e. The Kier molecular flexibility index (Phi) is 6.10. The van der Waals surface area contributed by atoms with Gasteiger partial charge >= 0.3 is 0 Å². The zero-order valence-electron chi connectivity index (χ0n) is 15.6. The summed E-state index contributed by atoms with van der Waals surface area (Å²) >= 11 is 0. The summed E-state index contributed by atoms with van der Waals surface area (Å²) < 4.78 is 0. The maximum Gasteiger partial charge on any atom is 0.274 e. The fraction of sp³-hybridized carbons (Fsp3) is 0.238. The molecule has 1 aromatic carbocycles. The van der Waals surface area contributed by atoms with Gasteiger partial charge in [0.1, 0.15) is 11.5 Å². The van der Waals surface area contributed by atoms with Gasteiger partial charge in [-0.3, -0.25) is 9.78 Å². The van der Waals surface area contributed by atoms with E-state index in [1.165, 1.54) is 5.56 Å². The maximum atomic E-state index is 12.5. The van der Waals surface area contributed by atoms with Crippen LogP contribution in [0.1, 0.15) is 21.6 Å². The lowest BCUT2D eigenvalue weighted by molar-refractivity contribution is 0.0779. The van der Waals surface area contributed by atoms with Gasteiger partial charge in [0.05, 0.1) is 12.4 Å². The van der Waals surface area contributed by atoms with E-state index >= 15 is 0 Å². The first-order chi connectivity index (χ1) is 13.1. The third-order valence-corrected chi connectivity index (χ3v) is 4.34. The number of aromatic nitrogens is 3. The van der Waals surface area contributed by atoms with E-state index in [9.17, 15) is 4.79 Å². The predicted molar refractivity (Wildman–Crippen MR) is 105 cm³/mol. The highest BCUT2D eigenvalue weighted by Gasteiger charge is 2.14. The number of carbonyl (C=O) groups is 1. The zero-order chi connectivity index (χ0) is 19.1. The average molecular weight is 361 g/mol. The first kappa shape index (κ1) is 18.5. The molecule has 0 saturated carbocycles. The van der Waals surface area contributed by atoms with E-state index in [0.717, 1.165) is 24.3 Å². The van der Waals surface area contributed by atoms with Crippen LogP contribution in [0.15, 0.2) is 67.3 Å². The fourth-order valence-electron chi connectivity index (χ4n) is 2.71. The van der Waals surface area contributed by atoms with Gasteiger partial charge in [0, 0.05) is 39.6 Å². The zero-order valence-corrected chi connectivity index (χ0v) is 15.6. The van der Waals surface area contributed by atoms with Crippen molar-refractivity contribution in [3.8, 4) is 0 Å². The minimum atomic E-state index is -0.141. The van der Waals surface area contributed by atoms with Gasteiger partial charge in [0.2, 0.25) is 0 Å². The molecule has 0 spiro atoms. The van der Waals surface area contributed by atoms with Crippen molar-refractivity contribution in [2.75, 3.05) is 25.5 Å². The van der Waals surface area contributed by atoms with Crippen LogP contribution in [0.5, 0.6) is 0 Å². The number of nitrogens with zero attached hydrogens (tertiary/aromatic N) is 5. The smallest absolute Gasteiger partial charge is 0.274 e. The molecule has 1 amide bonds. The number of likely N-dealkylation sites (N-methyl/N-ethyl adjacent to an activating group) is 1. The molecule has 2 aromatic heterocycles. The number of hydrogen-bond acceptors (Lipinski definition) is 5. The number of benzene rings is 1. The Bertz CT molecular complexity index is 853. The van der Waals surface area contributed by atoms with Gasteiger partial charge in [0.25, 0.3) is 5.91 Å². The highest BCUT2D eigenvalue weighted by Crippen LogP contribution is 2.11. The topological polar surface area (TPSA) is 62.2 Å². The fourth-order valence-corrected chi connectivity index (χ4v) is 2.71. The molecule has 0 saturated heterocycles. The second kappa shape index (κ2) is 8.89. The van der Waals surface area contributed by atoms with Crippen molar-refractivity contribution < 1.29 is 4.79 Å². The van der Waals surface area contributed by atoms with Crippen molar-refractivity contribution in [1.82, 2.24) is 19.9 Å². The Labute approximate surface area is 159 Å². The Hall–Kier alpha value is -3.28. The molecule has 0 aliphatic carbocycles. The highest BCUT2D eigenvalue weighted by atomic mass is 16.2. The summed E-state index contributed by atoms with van der Waals surface area (Å²) in [5.41, 5.74) is 2.65. The van der Waals surface area contributed by atoms with E-state index in [1.54, 1.807) is 36.7 Å². The third kappa shape index (κ3) is 5.10. The Morgan fingerprint density at radius 3 is 2.33 bits per heavy atom. The molecule has 0 atom stereocenters. The Balaban J connectivity index is 1.58. The lowest BCUT2D eigenvalue weighted by atomic mass is 10.2. The number of amides is 1. The minimum Gasteiger partial charge on any atom is -0.358 e. The molecule has 0 unspecified atom stereocenters. The van der Waals surface area contributed by atoms with Crippen molar-refractivity contribution in [1.29, 1.82) is 0 Å². The molecule has 0 radical (unpaired) electrons. The number of carbonyl (C=O) groups excluding carboxylic acids is 1. The van der Waals surface area contributed by atoms with Crippen molar-refractivity contribution in [2.45, 2.75) is 13.0 Å². The summed E-state index contributed by atoms with van der Waals surface area (Å²) in [5.74, 6) is 0.601. The second-order valence-corrected chi connectivity index (χ2v) is 6.43. The lowest BCUT2D eigenvalue weighted by Crippen LogP contribution is -2.27. The van der Waals surface area contributed by atoms with Crippen LogP contribution in [0.2, 0.25) is 0 Å². The quantitative estimate of drug-likeness (QED) is 0.648. The van der Waals surface area contributed by atoms with Crippen molar-refractivity contribution >= 4 is 11.7 Å². The average Bonchev–Trinajstić information content (AvgIpc) is 2.73. The molecule has 6 heteroatoms. The van der Waals surface area contributed by atoms with Gasteiger partial charge in [-0.05, 0) is 29.7 Å². The monoisotopic (exact) mass is 361 g/mol. The standard InChI is InChI=1S/C21H23N5O/c1-25(13-10-17-8-11-22-12-9-17)20-15-23-19(14-24-20)21(27)26(2)16-18-6-4-3-5-7-18/h3-9,11-12,14-15H,10,13,16H2,1-2H3. The minimum absolute atomic E-state index is 0.141. The van der Waals surface area contributed by atoms with Crippen LogP contribution < -0.4 is 4.90 Å². The summed E-state index contributed by atoms with van der Waals surface area (Å²) in [5, 5.41) is 0. The molecule has 0 aliphatic rings. The van der Waals surface area contributed by atoms with E-state index in [0.29, 0.717) is 12.2 Å². The SMILES string of the molecule is CN(Cc1ccccc1)C(=O)c1cnc(N(C)CCc2ccncc2)cn1. The molecule has 0 fully saturated rings. The van der Waals surface area contributed by atoms with E-state index in [4.69, 9.17) is 0 Å². The molecular formula is C21H23N5O. The molecule has 0 N–H and O–H groups in total. The van der Waals surface area contributed by atoms with E-state index in [2.05, 4.69) is 15.0 Å². The van der Waals surface area contributed by atoms with Crippen LogP contribution in [0.25, 0.3) is 0 Å². The molecule has 27 heavy (non-hydrogen) atoms. The number of pyridine rings is 1. The van der Waals surface area contributed by atoms with E-state index in [1.807, 2.05) is 54.4 Å². The van der Waals surface area contributed by atoms with Gasteiger partial charge in [-0.2, -0.15) is 0 Å². The van der Waals surface area contributed by atoms with Crippen LogP contribution in [0.3, 0.4) is 0 Å². The third-order valence-electron chi connectivity index (χ3n) is 4.34. The number of hydrogen-bond donors (Lipinski definition) is 0. The highest BCUT2D eigenvalue weighted by molar-refractivity contribution is 5.91. The van der Waals surface area contributed by atoms with Gasteiger partial charge in [-0.15, -0.1) is 0 Å². The first-order valence-electron chi connectivity index (χ1n) is 8.85. The van der Waals surface area contributed by atoms with Crippen LogP contribution in [0.4, 0.5) is 5.82 Å². The molecular weight excluding hydrogens is 338 g/mol. The summed E-state index contributed by atoms with van der Waals surface area (Å²) in [7, 11) is 3.74. The first-order valence-corrected chi connectivity index (χ1v) is 8.85. The van der Waals surface area contributed by atoms with E-state index in [-0.39, 0.29) is 5.91 Å². The Morgan fingerprint density at radius 2 is 1.67 bits per heavy atom. The van der Waals surface area contributed by atoms with Crippen LogP contribution in [0, 0.1) is 0 Å². The molecule has 3 aromatic rings. The summed E-state index contributed by atoms with van der Waals surface area (Å²) in [6.07, 6.45) is 7.67. The van der Waals surface area contributed by atoms with Gasteiger partial charge in [-0.1, -0.05) is 30.3 Å². The van der Waals surface area contributed by atoms with Crippen LogP contribution in [-0.4, -0.2) is 46.4 Å². The van der Waals surface area contributed by atoms with Crippen molar-refractivity contribution in [3.05, 3.63) is 84.1 Å². The number of anilines is 1. The second-order valence-electron chi connectivity index (χ2n) is 6.43. The lowest BCUT2D eigenvalue weighted by Gasteiger charge is -2.19. The molecule has 3 rings (SSSR count). The normalized spacial score (nSPS) is 10.4. The molecule has 6 nitrogen and oxygen atoms in total. The van der Waals surface area contributed by atoms with Gasteiger partial charge in [0.15, 0.2) is 0 Å². The predicted octanol–water partition coefficient (Wildman–Crippen LogP) is 2.82. The van der Waals surface area contributed by atoms with Gasteiger partial charge < -0.3 is 9.80 Å². The molecule has 138 valence electrons. The van der Waals surface area contributed by atoms with Crippen LogP contribution >= 0.6 is 0 Å². The van der Waals surface area contributed by atoms with Crippen LogP contribution in [-0.2, 0) is 13.0 Å². The van der Waals surface area contributed by atoms with Crippen molar-refractivity contribution in [2.24, 2.45) is 0 Å². The maximum absolute atomic E-state index is 12.5.